The van der Waals surface area contributed by atoms with Crippen molar-refractivity contribution >= 4 is 12.0 Å². The number of benzene rings is 1. The molecule has 0 heterocycles. The van der Waals surface area contributed by atoms with E-state index in [-0.39, 0.29) is 13.0 Å². The number of urea groups is 1. The van der Waals surface area contributed by atoms with Crippen molar-refractivity contribution in [2.75, 3.05) is 13.7 Å². The summed E-state index contributed by atoms with van der Waals surface area (Å²) in [6.45, 7) is 2.07. The third-order valence-electron chi connectivity index (χ3n) is 2.90. The molecule has 1 rings (SSSR count). The number of aliphatic carboxylic acids is 1. The zero-order valence-electron chi connectivity index (χ0n) is 11.7. The number of carboxylic acid groups (broad SMARTS) is 1. The number of carbonyl (C=O) groups is 2. The number of aliphatic hydroxyl groups excluding tert-OH is 1. The van der Waals surface area contributed by atoms with E-state index in [1.54, 1.807) is 7.05 Å². The number of carboxylic acids is 1. The van der Waals surface area contributed by atoms with E-state index >= 15 is 0 Å². The first-order chi connectivity index (χ1) is 9.43. The minimum atomic E-state index is -1.16. The van der Waals surface area contributed by atoms with Crippen LogP contribution in [0.25, 0.3) is 0 Å². The molecule has 1 atom stereocenters. The fraction of sp³-hybridized carbons (Fsp3) is 0.429. The quantitative estimate of drug-likeness (QED) is 0.724. The van der Waals surface area contributed by atoms with E-state index in [1.807, 2.05) is 31.2 Å². The van der Waals surface area contributed by atoms with Crippen LogP contribution in [-0.2, 0) is 11.3 Å². The molecule has 0 bridgehead atoms. The number of carbonyl (C=O) groups excluding carboxylic acids is 1. The molecule has 1 aromatic carbocycles. The summed E-state index contributed by atoms with van der Waals surface area (Å²) >= 11 is 0. The molecule has 0 fully saturated rings. The Morgan fingerprint density at radius 1 is 1.30 bits per heavy atom. The van der Waals surface area contributed by atoms with E-state index in [0.29, 0.717) is 6.54 Å². The van der Waals surface area contributed by atoms with Gasteiger partial charge in [-0.15, -0.1) is 0 Å². The summed E-state index contributed by atoms with van der Waals surface area (Å²) < 4.78 is 0. The number of nitrogens with zero attached hydrogens (tertiary/aromatic N) is 1. The van der Waals surface area contributed by atoms with Crippen LogP contribution >= 0.6 is 0 Å². The number of aryl methyl sites for hydroxylation is 1. The van der Waals surface area contributed by atoms with Gasteiger partial charge in [0.2, 0.25) is 0 Å². The Morgan fingerprint density at radius 3 is 2.40 bits per heavy atom. The molecule has 1 aromatic rings. The van der Waals surface area contributed by atoms with E-state index in [0.717, 1.165) is 11.1 Å². The summed E-state index contributed by atoms with van der Waals surface area (Å²) in [6.07, 6.45) is -0.0144. The molecule has 0 radical (unpaired) electrons. The SMILES string of the molecule is Cc1ccc(CN(C)C(=O)N[C@@H](CCO)C(=O)O)cc1. The number of amides is 2. The lowest BCUT2D eigenvalue weighted by Crippen LogP contribution is -2.46. The Kier molecular flexibility index (Phi) is 5.99. The second kappa shape index (κ2) is 7.49. The Morgan fingerprint density at radius 2 is 1.90 bits per heavy atom. The number of rotatable bonds is 6. The van der Waals surface area contributed by atoms with Gasteiger partial charge < -0.3 is 20.4 Å². The molecular weight excluding hydrogens is 260 g/mol. The van der Waals surface area contributed by atoms with E-state index in [1.165, 1.54) is 4.90 Å². The predicted molar refractivity (Wildman–Crippen MR) is 74.3 cm³/mol. The highest BCUT2D eigenvalue weighted by Crippen LogP contribution is 2.06. The smallest absolute Gasteiger partial charge is 0.326 e. The molecule has 0 aromatic heterocycles. The van der Waals surface area contributed by atoms with E-state index < -0.39 is 18.0 Å². The maximum absolute atomic E-state index is 11.9. The topological polar surface area (TPSA) is 89.9 Å². The monoisotopic (exact) mass is 280 g/mol. The molecular formula is C14H20N2O4. The fourth-order valence-corrected chi connectivity index (χ4v) is 1.68. The van der Waals surface area contributed by atoms with E-state index in [4.69, 9.17) is 10.2 Å². The van der Waals surface area contributed by atoms with Gasteiger partial charge in [-0.2, -0.15) is 0 Å². The van der Waals surface area contributed by atoms with Gasteiger partial charge in [0.1, 0.15) is 6.04 Å². The van der Waals surface area contributed by atoms with Gasteiger partial charge >= 0.3 is 12.0 Å². The lowest BCUT2D eigenvalue weighted by Gasteiger charge is -2.21. The van der Waals surface area contributed by atoms with Gasteiger partial charge in [0.05, 0.1) is 0 Å². The first-order valence-electron chi connectivity index (χ1n) is 6.35. The van der Waals surface area contributed by atoms with Crippen molar-refractivity contribution in [3.8, 4) is 0 Å². The third kappa shape index (κ3) is 4.89. The van der Waals surface area contributed by atoms with Crippen LogP contribution in [-0.4, -0.2) is 46.8 Å². The van der Waals surface area contributed by atoms with E-state index in [2.05, 4.69) is 5.32 Å². The van der Waals surface area contributed by atoms with Gasteiger partial charge in [0, 0.05) is 26.6 Å². The lowest BCUT2D eigenvalue weighted by atomic mass is 10.1. The highest BCUT2D eigenvalue weighted by atomic mass is 16.4. The predicted octanol–water partition coefficient (Wildman–Crippen LogP) is 0.972. The molecule has 0 aliphatic rings. The van der Waals surface area contributed by atoms with Crippen molar-refractivity contribution < 1.29 is 19.8 Å². The number of hydrogen-bond acceptors (Lipinski definition) is 3. The molecule has 0 aliphatic heterocycles. The minimum absolute atomic E-state index is 0.0144. The Hall–Kier alpha value is -2.08. The molecule has 0 saturated heterocycles. The summed E-state index contributed by atoms with van der Waals surface area (Å²) in [5, 5.41) is 20.1. The summed E-state index contributed by atoms with van der Waals surface area (Å²) in [5.74, 6) is -1.16. The van der Waals surface area contributed by atoms with Crippen molar-refractivity contribution in [1.82, 2.24) is 10.2 Å². The molecule has 0 aliphatic carbocycles. The van der Waals surface area contributed by atoms with Crippen LogP contribution in [0, 0.1) is 6.92 Å². The molecule has 20 heavy (non-hydrogen) atoms. The largest absolute Gasteiger partial charge is 0.480 e. The van der Waals surface area contributed by atoms with Gasteiger partial charge in [0.25, 0.3) is 0 Å². The highest BCUT2D eigenvalue weighted by molar-refractivity contribution is 5.82. The van der Waals surface area contributed by atoms with Crippen LogP contribution in [0.15, 0.2) is 24.3 Å². The molecule has 3 N–H and O–H groups in total. The van der Waals surface area contributed by atoms with Crippen LogP contribution in [0.5, 0.6) is 0 Å². The van der Waals surface area contributed by atoms with Crippen molar-refractivity contribution in [3.05, 3.63) is 35.4 Å². The van der Waals surface area contributed by atoms with Crippen molar-refractivity contribution in [1.29, 1.82) is 0 Å². The second-order valence-electron chi connectivity index (χ2n) is 4.69. The standard InChI is InChI=1S/C14H20N2O4/c1-10-3-5-11(6-4-10)9-16(2)14(20)15-12(7-8-17)13(18)19/h3-6,12,17H,7-9H2,1-2H3,(H,15,20)(H,18,19)/t12-/m0/s1. The Labute approximate surface area is 118 Å². The van der Waals surface area contributed by atoms with Crippen LogP contribution < -0.4 is 5.32 Å². The van der Waals surface area contributed by atoms with E-state index in [9.17, 15) is 9.59 Å². The third-order valence-corrected chi connectivity index (χ3v) is 2.90. The zero-order chi connectivity index (χ0) is 15.1. The maximum atomic E-state index is 11.9. The summed E-state index contributed by atoms with van der Waals surface area (Å²) in [6, 6.07) is 6.18. The molecule has 0 saturated carbocycles. The number of aliphatic hydroxyl groups is 1. The van der Waals surface area contributed by atoms with Crippen LogP contribution in [0.1, 0.15) is 17.5 Å². The minimum Gasteiger partial charge on any atom is -0.480 e. The maximum Gasteiger partial charge on any atom is 0.326 e. The van der Waals surface area contributed by atoms with Crippen molar-refractivity contribution in [2.45, 2.75) is 25.9 Å². The van der Waals surface area contributed by atoms with Crippen molar-refractivity contribution in [2.24, 2.45) is 0 Å². The van der Waals surface area contributed by atoms with Crippen LogP contribution in [0.3, 0.4) is 0 Å². The molecule has 0 unspecified atom stereocenters. The number of nitrogens with one attached hydrogen (secondary N) is 1. The van der Waals surface area contributed by atoms with Crippen LogP contribution in [0.4, 0.5) is 4.79 Å². The van der Waals surface area contributed by atoms with Gasteiger partial charge in [-0.1, -0.05) is 29.8 Å². The van der Waals surface area contributed by atoms with Crippen molar-refractivity contribution in [3.63, 3.8) is 0 Å². The zero-order valence-corrected chi connectivity index (χ0v) is 11.7. The van der Waals surface area contributed by atoms with Crippen LogP contribution in [0.2, 0.25) is 0 Å². The normalized spacial score (nSPS) is 11.8. The molecule has 6 heteroatoms. The molecule has 6 nitrogen and oxygen atoms in total. The van der Waals surface area contributed by atoms with Gasteiger partial charge in [-0.25, -0.2) is 9.59 Å². The second-order valence-corrected chi connectivity index (χ2v) is 4.69. The summed E-state index contributed by atoms with van der Waals surface area (Å²) in [4.78, 5) is 24.2. The lowest BCUT2D eigenvalue weighted by molar-refractivity contribution is -0.139. The average molecular weight is 280 g/mol. The fourth-order valence-electron chi connectivity index (χ4n) is 1.68. The highest BCUT2D eigenvalue weighted by Gasteiger charge is 2.21. The van der Waals surface area contributed by atoms with Gasteiger partial charge in [-0.3, -0.25) is 0 Å². The average Bonchev–Trinajstić information content (AvgIpc) is 2.40. The molecule has 110 valence electrons. The summed E-state index contributed by atoms with van der Waals surface area (Å²) in [7, 11) is 1.59. The van der Waals surface area contributed by atoms with Gasteiger partial charge in [0.15, 0.2) is 0 Å². The molecule has 0 spiro atoms. The first kappa shape index (κ1) is 16.0. The molecule has 2 amide bonds. The summed E-state index contributed by atoms with van der Waals surface area (Å²) in [5.41, 5.74) is 2.09. The van der Waals surface area contributed by atoms with Gasteiger partial charge in [-0.05, 0) is 12.5 Å². The Balaban J connectivity index is 2.57. The number of hydrogen-bond donors (Lipinski definition) is 3. The first-order valence-corrected chi connectivity index (χ1v) is 6.35. The Bertz CT molecular complexity index is 459.